The Kier molecular flexibility index (Phi) is 4.63. The molecule has 0 saturated heterocycles. The third-order valence-corrected chi connectivity index (χ3v) is 2.91. The summed E-state index contributed by atoms with van der Waals surface area (Å²) in [4.78, 5) is 0. The summed E-state index contributed by atoms with van der Waals surface area (Å²) in [6, 6.07) is 3.64. The normalized spacial score (nSPS) is 12.6. The molecular weight excluding hydrogens is 315 g/mol. The lowest BCUT2D eigenvalue weighted by Crippen LogP contribution is -2.43. The highest BCUT2D eigenvalue weighted by molar-refractivity contribution is 9.10. The number of alkyl halides is 3. The summed E-state index contributed by atoms with van der Waals surface area (Å²) in [5, 5.41) is 20.7. The molecule has 0 aliphatic rings. The third kappa shape index (κ3) is 3.60. The van der Waals surface area contributed by atoms with Gasteiger partial charge in [0.2, 0.25) is 0 Å². The van der Waals surface area contributed by atoms with Crippen LogP contribution in [0, 0.1) is 0 Å². The van der Waals surface area contributed by atoms with Gasteiger partial charge in [0.1, 0.15) is 0 Å². The summed E-state index contributed by atoms with van der Waals surface area (Å²) in [7, 11) is 0. The van der Waals surface area contributed by atoms with E-state index in [1.165, 1.54) is 19.1 Å². The predicted molar refractivity (Wildman–Crippen MR) is 65.3 cm³/mol. The van der Waals surface area contributed by atoms with Crippen molar-refractivity contribution in [1.82, 2.24) is 0 Å². The van der Waals surface area contributed by atoms with Crippen molar-refractivity contribution in [2.45, 2.75) is 18.6 Å². The van der Waals surface area contributed by atoms with Crippen LogP contribution in [0.4, 0.5) is 18.9 Å². The van der Waals surface area contributed by atoms with Gasteiger partial charge in [0.15, 0.2) is 0 Å². The fraction of sp³-hybridized carbons (Fsp3) is 0.455. The molecule has 0 atom stereocenters. The Morgan fingerprint density at radius 1 is 1.22 bits per heavy atom. The molecule has 102 valence electrons. The van der Waals surface area contributed by atoms with Crippen LogP contribution in [0.25, 0.3) is 0 Å². The zero-order chi connectivity index (χ0) is 14.0. The number of hydrogen-bond acceptors (Lipinski definition) is 3. The van der Waals surface area contributed by atoms with E-state index in [2.05, 4.69) is 21.2 Å². The van der Waals surface area contributed by atoms with Crippen LogP contribution in [0.1, 0.15) is 12.5 Å². The Bertz CT molecular complexity index is 419. The third-order valence-electron chi connectivity index (χ3n) is 2.42. The minimum Gasteiger partial charge on any atom is -0.394 e. The van der Waals surface area contributed by atoms with Gasteiger partial charge < -0.3 is 15.5 Å². The van der Waals surface area contributed by atoms with Crippen molar-refractivity contribution in [3.63, 3.8) is 0 Å². The maximum Gasteiger partial charge on any atom is 0.418 e. The van der Waals surface area contributed by atoms with Gasteiger partial charge in [0.25, 0.3) is 0 Å². The van der Waals surface area contributed by atoms with Gasteiger partial charge in [-0.25, -0.2) is 0 Å². The van der Waals surface area contributed by atoms with E-state index in [0.29, 0.717) is 4.47 Å². The molecule has 0 fully saturated rings. The van der Waals surface area contributed by atoms with E-state index in [9.17, 15) is 13.2 Å². The number of benzene rings is 1. The number of rotatable bonds is 4. The average molecular weight is 328 g/mol. The van der Waals surface area contributed by atoms with Crippen molar-refractivity contribution < 1.29 is 23.4 Å². The van der Waals surface area contributed by atoms with E-state index < -0.39 is 30.5 Å². The molecule has 1 aromatic carbocycles. The molecule has 0 amide bonds. The highest BCUT2D eigenvalue weighted by Crippen LogP contribution is 2.37. The Morgan fingerprint density at radius 2 is 1.78 bits per heavy atom. The second kappa shape index (κ2) is 5.46. The summed E-state index contributed by atoms with van der Waals surface area (Å²) in [5.41, 5.74) is -2.25. The van der Waals surface area contributed by atoms with E-state index in [1.54, 1.807) is 0 Å². The summed E-state index contributed by atoms with van der Waals surface area (Å²) in [6.07, 6.45) is -4.52. The van der Waals surface area contributed by atoms with Crippen LogP contribution in [0.5, 0.6) is 0 Å². The molecule has 7 heteroatoms. The molecular formula is C11H13BrF3NO2. The molecule has 0 spiro atoms. The van der Waals surface area contributed by atoms with Gasteiger partial charge >= 0.3 is 6.18 Å². The number of hydrogen-bond donors (Lipinski definition) is 3. The van der Waals surface area contributed by atoms with Crippen LogP contribution in [-0.4, -0.2) is 29.0 Å². The fourth-order valence-corrected chi connectivity index (χ4v) is 1.68. The number of aliphatic hydroxyl groups is 2. The van der Waals surface area contributed by atoms with E-state index in [4.69, 9.17) is 10.2 Å². The molecule has 1 rings (SSSR count). The Labute approximate surface area is 111 Å². The standard InChI is InChI=1S/C11H13BrF3NO2/c1-10(5-17,6-18)16-9-3-2-7(12)4-8(9)11(13,14)15/h2-4,16-18H,5-6H2,1H3. The number of nitrogens with one attached hydrogen (secondary N) is 1. The first kappa shape index (κ1) is 15.3. The van der Waals surface area contributed by atoms with Gasteiger partial charge in [-0.2, -0.15) is 13.2 Å². The van der Waals surface area contributed by atoms with E-state index >= 15 is 0 Å². The molecule has 0 heterocycles. The molecule has 0 aromatic heterocycles. The maximum absolute atomic E-state index is 12.8. The van der Waals surface area contributed by atoms with Crippen molar-refractivity contribution >= 4 is 21.6 Å². The van der Waals surface area contributed by atoms with E-state index in [-0.39, 0.29) is 5.69 Å². The summed E-state index contributed by atoms with van der Waals surface area (Å²) >= 11 is 2.98. The minimum absolute atomic E-state index is 0.184. The molecule has 3 nitrogen and oxygen atoms in total. The monoisotopic (exact) mass is 327 g/mol. The quantitative estimate of drug-likeness (QED) is 0.796. The number of halogens is 4. The molecule has 0 aliphatic heterocycles. The second-order valence-electron chi connectivity index (χ2n) is 4.19. The molecule has 0 aliphatic carbocycles. The topological polar surface area (TPSA) is 52.5 Å². The summed E-state index contributed by atoms with van der Waals surface area (Å²) < 4.78 is 38.8. The zero-order valence-electron chi connectivity index (χ0n) is 9.55. The van der Waals surface area contributed by atoms with Crippen LogP contribution in [0.2, 0.25) is 0 Å². The summed E-state index contributed by atoms with van der Waals surface area (Å²) in [5.74, 6) is 0. The highest BCUT2D eigenvalue weighted by Gasteiger charge is 2.35. The van der Waals surface area contributed by atoms with Gasteiger partial charge in [-0.1, -0.05) is 15.9 Å². The first-order valence-corrected chi connectivity index (χ1v) is 5.88. The molecule has 0 radical (unpaired) electrons. The molecule has 18 heavy (non-hydrogen) atoms. The smallest absolute Gasteiger partial charge is 0.394 e. The van der Waals surface area contributed by atoms with Crippen molar-refractivity contribution in [2.24, 2.45) is 0 Å². The van der Waals surface area contributed by atoms with Crippen LogP contribution in [0.15, 0.2) is 22.7 Å². The highest BCUT2D eigenvalue weighted by atomic mass is 79.9. The van der Waals surface area contributed by atoms with Crippen molar-refractivity contribution in [2.75, 3.05) is 18.5 Å². The van der Waals surface area contributed by atoms with Crippen LogP contribution < -0.4 is 5.32 Å². The zero-order valence-corrected chi connectivity index (χ0v) is 11.1. The van der Waals surface area contributed by atoms with Gasteiger partial charge in [-0.05, 0) is 25.1 Å². The van der Waals surface area contributed by atoms with Crippen LogP contribution in [0.3, 0.4) is 0 Å². The largest absolute Gasteiger partial charge is 0.418 e. The molecule has 0 bridgehead atoms. The van der Waals surface area contributed by atoms with Crippen LogP contribution in [-0.2, 0) is 6.18 Å². The number of aliphatic hydroxyl groups excluding tert-OH is 2. The molecule has 3 N–H and O–H groups in total. The van der Waals surface area contributed by atoms with E-state index in [0.717, 1.165) is 6.07 Å². The minimum atomic E-state index is -4.52. The van der Waals surface area contributed by atoms with Crippen molar-refractivity contribution in [3.8, 4) is 0 Å². The first-order valence-electron chi connectivity index (χ1n) is 5.08. The van der Waals surface area contributed by atoms with Gasteiger partial charge in [-0.15, -0.1) is 0 Å². The van der Waals surface area contributed by atoms with Crippen LogP contribution >= 0.6 is 15.9 Å². The molecule has 0 unspecified atom stereocenters. The van der Waals surface area contributed by atoms with E-state index in [1.807, 2.05) is 0 Å². The van der Waals surface area contributed by atoms with Gasteiger partial charge in [-0.3, -0.25) is 0 Å². The second-order valence-corrected chi connectivity index (χ2v) is 5.11. The SMILES string of the molecule is CC(CO)(CO)Nc1ccc(Br)cc1C(F)(F)F. The molecule has 0 saturated carbocycles. The lowest BCUT2D eigenvalue weighted by atomic mass is 10.0. The maximum atomic E-state index is 12.8. The Morgan fingerprint density at radius 3 is 2.22 bits per heavy atom. The average Bonchev–Trinajstić information content (AvgIpc) is 2.30. The van der Waals surface area contributed by atoms with Crippen molar-refractivity contribution in [3.05, 3.63) is 28.2 Å². The lowest BCUT2D eigenvalue weighted by Gasteiger charge is -2.29. The first-order chi connectivity index (χ1) is 8.22. The Balaban J connectivity index is 3.17. The predicted octanol–water partition coefficient (Wildman–Crippen LogP) is 2.62. The molecule has 1 aromatic rings. The fourth-order valence-electron chi connectivity index (χ4n) is 1.31. The lowest BCUT2D eigenvalue weighted by molar-refractivity contribution is -0.137. The van der Waals surface area contributed by atoms with Crippen molar-refractivity contribution in [1.29, 1.82) is 0 Å². The van der Waals surface area contributed by atoms with Gasteiger partial charge in [0.05, 0.1) is 24.3 Å². The Hall–Kier alpha value is -0.790. The number of anilines is 1. The summed E-state index contributed by atoms with van der Waals surface area (Å²) in [6.45, 7) is 0.447. The van der Waals surface area contributed by atoms with Gasteiger partial charge in [0, 0.05) is 10.2 Å².